The number of hydrogen-bond donors (Lipinski definition) is 3. The van der Waals surface area contributed by atoms with E-state index in [1.165, 1.54) is 0 Å². The van der Waals surface area contributed by atoms with Gasteiger partial charge in [0.25, 0.3) is 0 Å². The first-order chi connectivity index (χ1) is 9.65. The number of benzene rings is 1. The lowest BCUT2D eigenvalue weighted by atomic mass is 10.1. The van der Waals surface area contributed by atoms with Gasteiger partial charge in [-0.2, -0.15) is 0 Å². The van der Waals surface area contributed by atoms with Gasteiger partial charge in [0.2, 0.25) is 0 Å². The van der Waals surface area contributed by atoms with E-state index in [1.807, 2.05) is 25.1 Å². The van der Waals surface area contributed by atoms with Gasteiger partial charge in [0.05, 0.1) is 5.52 Å². The van der Waals surface area contributed by atoms with Crippen LogP contribution >= 0.6 is 0 Å². The van der Waals surface area contributed by atoms with Crippen LogP contribution in [0.4, 0.5) is 5.69 Å². The van der Waals surface area contributed by atoms with E-state index in [0.717, 1.165) is 17.5 Å². The summed E-state index contributed by atoms with van der Waals surface area (Å²) in [6.07, 6.45) is 1.47. The van der Waals surface area contributed by atoms with E-state index in [9.17, 15) is 4.79 Å². The number of rotatable bonds is 6. The lowest BCUT2D eigenvalue weighted by Crippen LogP contribution is -2.20. The molecule has 0 bridgehead atoms. The van der Waals surface area contributed by atoms with Gasteiger partial charge in [0, 0.05) is 23.7 Å². The van der Waals surface area contributed by atoms with Crippen LogP contribution in [0.3, 0.4) is 0 Å². The van der Waals surface area contributed by atoms with Gasteiger partial charge < -0.3 is 15.5 Å². The molecule has 1 aromatic heterocycles. The summed E-state index contributed by atoms with van der Waals surface area (Å²) in [5.41, 5.74) is 1.41. The first-order valence-electron chi connectivity index (χ1n) is 6.66. The van der Waals surface area contributed by atoms with Gasteiger partial charge in [-0.05, 0) is 25.0 Å². The Morgan fingerprint density at radius 2 is 2.15 bits per heavy atom. The SMILES string of the molecule is CCC(CCO)Nc1cc(C(=O)O)nc2ccccc12. The number of anilines is 1. The molecule has 2 rings (SSSR count). The van der Waals surface area contributed by atoms with Crippen molar-refractivity contribution in [3.63, 3.8) is 0 Å². The fourth-order valence-electron chi connectivity index (χ4n) is 2.16. The molecule has 0 spiro atoms. The van der Waals surface area contributed by atoms with Gasteiger partial charge in [-0.15, -0.1) is 0 Å². The average molecular weight is 274 g/mol. The molecule has 2 aromatic rings. The summed E-state index contributed by atoms with van der Waals surface area (Å²) in [7, 11) is 0. The molecular formula is C15H18N2O3. The normalized spacial score (nSPS) is 12.3. The van der Waals surface area contributed by atoms with Crippen molar-refractivity contribution in [1.29, 1.82) is 0 Å². The average Bonchev–Trinajstić information content (AvgIpc) is 2.46. The van der Waals surface area contributed by atoms with Gasteiger partial charge >= 0.3 is 5.97 Å². The fraction of sp³-hybridized carbons (Fsp3) is 0.333. The fourth-order valence-corrected chi connectivity index (χ4v) is 2.16. The molecule has 1 heterocycles. The van der Waals surface area contributed by atoms with Crippen molar-refractivity contribution in [3.8, 4) is 0 Å². The van der Waals surface area contributed by atoms with Crippen LogP contribution in [0, 0.1) is 0 Å². The molecule has 5 nitrogen and oxygen atoms in total. The molecule has 0 aliphatic heterocycles. The molecule has 3 N–H and O–H groups in total. The number of aliphatic hydroxyl groups is 1. The molecule has 1 atom stereocenters. The Labute approximate surface area is 117 Å². The largest absolute Gasteiger partial charge is 0.477 e. The highest BCUT2D eigenvalue weighted by Crippen LogP contribution is 2.24. The van der Waals surface area contributed by atoms with E-state index in [4.69, 9.17) is 10.2 Å². The topological polar surface area (TPSA) is 82.5 Å². The number of nitrogens with zero attached hydrogens (tertiary/aromatic N) is 1. The zero-order valence-electron chi connectivity index (χ0n) is 11.3. The van der Waals surface area contributed by atoms with E-state index >= 15 is 0 Å². The van der Waals surface area contributed by atoms with Gasteiger partial charge in [0.1, 0.15) is 0 Å². The van der Waals surface area contributed by atoms with Gasteiger partial charge in [-0.25, -0.2) is 9.78 Å². The van der Waals surface area contributed by atoms with Crippen LogP contribution in [0.15, 0.2) is 30.3 Å². The summed E-state index contributed by atoms with van der Waals surface area (Å²) < 4.78 is 0. The number of fused-ring (bicyclic) bond motifs is 1. The summed E-state index contributed by atoms with van der Waals surface area (Å²) in [5, 5.41) is 22.4. The number of carbonyl (C=O) groups is 1. The zero-order chi connectivity index (χ0) is 14.5. The summed E-state index contributed by atoms with van der Waals surface area (Å²) in [6.45, 7) is 2.12. The lowest BCUT2D eigenvalue weighted by Gasteiger charge is -2.19. The maximum atomic E-state index is 11.1. The third-order valence-electron chi connectivity index (χ3n) is 3.27. The Bertz CT molecular complexity index is 613. The van der Waals surface area contributed by atoms with Crippen LogP contribution in [-0.4, -0.2) is 33.8 Å². The number of para-hydroxylation sites is 1. The van der Waals surface area contributed by atoms with Crippen LogP contribution in [0.25, 0.3) is 10.9 Å². The molecule has 0 radical (unpaired) electrons. The van der Waals surface area contributed by atoms with Crippen molar-refractivity contribution in [3.05, 3.63) is 36.0 Å². The molecule has 106 valence electrons. The van der Waals surface area contributed by atoms with E-state index in [1.54, 1.807) is 12.1 Å². The predicted octanol–water partition coefficient (Wildman–Crippen LogP) is 2.51. The summed E-state index contributed by atoms with van der Waals surface area (Å²) in [5.74, 6) is -1.05. The van der Waals surface area contributed by atoms with E-state index < -0.39 is 5.97 Å². The Morgan fingerprint density at radius 1 is 1.40 bits per heavy atom. The molecule has 5 heteroatoms. The molecule has 20 heavy (non-hydrogen) atoms. The summed E-state index contributed by atoms with van der Waals surface area (Å²) >= 11 is 0. The molecule has 0 saturated carbocycles. The highest BCUT2D eigenvalue weighted by Gasteiger charge is 2.13. The number of aliphatic hydroxyl groups excluding tert-OH is 1. The number of aromatic nitrogens is 1. The third-order valence-corrected chi connectivity index (χ3v) is 3.27. The Morgan fingerprint density at radius 3 is 2.80 bits per heavy atom. The van der Waals surface area contributed by atoms with E-state index in [2.05, 4.69) is 10.3 Å². The lowest BCUT2D eigenvalue weighted by molar-refractivity contribution is 0.0691. The van der Waals surface area contributed by atoms with E-state index in [-0.39, 0.29) is 18.3 Å². The summed E-state index contributed by atoms with van der Waals surface area (Å²) in [4.78, 5) is 15.3. The van der Waals surface area contributed by atoms with Crippen molar-refractivity contribution in [2.45, 2.75) is 25.8 Å². The third kappa shape index (κ3) is 3.05. The highest BCUT2D eigenvalue weighted by atomic mass is 16.4. The maximum Gasteiger partial charge on any atom is 0.354 e. The van der Waals surface area contributed by atoms with Crippen LogP contribution in [0.5, 0.6) is 0 Å². The van der Waals surface area contributed by atoms with Gasteiger partial charge in [-0.3, -0.25) is 0 Å². The minimum atomic E-state index is -1.05. The molecule has 0 fully saturated rings. The Kier molecular flexibility index (Phi) is 4.53. The first kappa shape index (κ1) is 14.3. The number of pyridine rings is 1. The molecule has 0 aliphatic carbocycles. The van der Waals surface area contributed by atoms with Crippen molar-refractivity contribution in [1.82, 2.24) is 4.98 Å². The van der Waals surface area contributed by atoms with Crippen LogP contribution in [0.2, 0.25) is 0 Å². The molecule has 0 aliphatic rings. The second-order valence-electron chi connectivity index (χ2n) is 4.64. The smallest absolute Gasteiger partial charge is 0.354 e. The van der Waals surface area contributed by atoms with Crippen LogP contribution in [0.1, 0.15) is 30.3 Å². The quantitative estimate of drug-likeness (QED) is 0.754. The standard InChI is InChI=1S/C15H18N2O3/c1-2-10(7-8-18)16-13-9-14(15(19)20)17-12-6-4-3-5-11(12)13/h3-6,9-10,18H,2,7-8H2,1H3,(H,16,17)(H,19,20). The van der Waals surface area contributed by atoms with Crippen LogP contribution in [-0.2, 0) is 0 Å². The van der Waals surface area contributed by atoms with E-state index in [0.29, 0.717) is 11.9 Å². The number of aromatic carboxylic acids is 1. The molecule has 1 unspecified atom stereocenters. The highest BCUT2D eigenvalue weighted by molar-refractivity contribution is 5.97. The Balaban J connectivity index is 2.46. The minimum Gasteiger partial charge on any atom is -0.477 e. The monoisotopic (exact) mass is 274 g/mol. The molecule has 0 saturated heterocycles. The second kappa shape index (κ2) is 6.34. The van der Waals surface area contributed by atoms with Crippen molar-refractivity contribution in [2.75, 3.05) is 11.9 Å². The minimum absolute atomic E-state index is 0.0186. The Hall–Kier alpha value is -2.14. The molecule has 0 amide bonds. The second-order valence-corrected chi connectivity index (χ2v) is 4.64. The van der Waals surface area contributed by atoms with Crippen molar-refractivity contribution in [2.24, 2.45) is 0 Å². The van der Waals surface area contributed by atoms with Gasteiger partial charge in [0.15, 0.2) is 5.69 Å². The maximum absolute atomic E-state index is 11.1. The number of carboxylic acid groups (broad SMARTS) is 1. The van der Waals surface area contributed by atoms with Crippen molar-refractivity contribution >= 4 is 22.6 Å². The van der Waals surface area contributed by atoms with Crippen LogP contribution < -0.4 is 5.32 Å². The number of nitrogens with one attached hydrogen (secondary N) is 1. The molecular weight excluding hydrogens is 256 g/mol. The van der Waals surface area contributed by atoms with Gasteiger partial charge in [-0.1, -0.05) is 25.1 Å². The zero-order valence-corrected chi connectivity index (χ0v) is 11.3. The first-order valence-corrected chi connectivity index (χ1v) is 6.66. The summed E-state index contributed by atoms with van der Waals surface area (Å²) in [6, 6.07) is 9.07. The van der Waals surface area contributed by atoms with Crippen molar-refractivity contribution < 1.29 is 15.0 Å². The predicted molar refractivity (Wildman–Crippen MR) is 78.1 cm³/mol. The molecule has 1 aromatic carbocycles. The number of hydrogen-bond acceptors (Lipinski definition) is 4. The number of carboxylic acids is 1.